The number of ether oxygens (including phenoxy) is 1. The molecule has 4 aliphatic rings. The molecule has 2 N–H and O–H groups in total. The number of aromatic nitrogens is 2. The van der Waals surface area contributed by atoms with Gasteiger partial charge in [0.15, 0.2) is 0 Å². The number of benzene rings is 1. The van der Waals surface area contributed by atoms with E-state index in [1.54, 1.807) is 0 Å². The van der Waals surface area contributed by atoms with E-state index in [4.69, 9.17) is 4.74 Å². The van der Waals surface area contributed by atoms with Crippen LogP contribution in [0, 0.1) is 31.6 Å². The monoisotopic (exact) mass is 574 g/mol. The zero-order valence-electron chi connectivity index (χ0n) is 25.2. The summed E-state index contributed by atoms with van der Waals surface area (Å²) >= 11 is 0. The lowest BCUT2D eigenvalue weighted by Crippen LogP contribution is -2.37. The van der Waals surface area contributed by atoms with Crippen LogP contribution in [0.15, 0.2) is 30.3 Å². The van der Waals surface area contributed by atoms with E-state index in [2.05, 4.69) is 49.8 Å². The summed E-state index contributed by atoms with van der Waals surface area (Å²) in [5.74, 6) is 2.01. The second-order valence-electron chi connectivity index (χ2n) is 12.9. The minimum Gasteiger partial charge on any atom is -0.381 e. The SMILES string of the molecule is Cc1nc(NC2CCOCC2)nc(C)c1C(=O)N1CC2CN(CC[C@H](NC(=O)C3CCCC3)c3ccccc3)CC2C1. The predicted octanol–water partition coefficient (Wildman–Crippen LogP) is 4.13. The predicted molar refractivity (Wildman–Crippen MR) is 162 cm³/mol. The number of amides is 2. The molecule has 3 atom stereocenters. The van der Waals surface area contributed by atoms with Gasteiger partial charge in [-0.05, 0) is 63.4 Å². The maximum atomic E-state index is 13.6. The van der Waals surface area contributed by atoms with Crippen molar-refractivity contribution in [1.82, 2.24) is 25.1 Å². The average molecular weight is 575 g/mol. The van der Waals surface area contributed by atoms with Crippen LogP contribution in [0.2, 0.25) is 0 Å². The van der Waals surface area contributed by atoms with Crippen LogP contribution in [-0.4, -0.2) is 83.6 Å². The Balaban J connectivity index is 1.03. The summed E-state index contributed by atoms with van der Waals surface area (Å²) in [4.78, 5) is 40.5. The van der Waals surface area contributed by atoms with Gasteiger partial charge in [0, 0.05) is 57.9 Å². The minimum atomic E-state index is 0.0349. The van der Waals surface area contributed by atoms with Gasteiger partial charge in [-0.1, -0.05) is 43.2 Å². The zero-order valence-corrected chi connectivity index (χ0v) is 25.2. The van der Waals surface area contributed by atoms with Crippen molar-refractivity contribution >= 4 is 17.8 Å². The highest BCUT2D eigenvalue weighted by molar-refractivity contribution is 5.96. The molecule has 1 aliphatic carbocycles. The van der Waals surface area contributed by atoms with Gasteiger partial charge in [0.25, 0.3) is 5.91 Å². The van der Waals surface area contributed by atoms with Gasteiger partial charge in [-0.25, -0.2) is 9.97 Å². The Bertz CT molecular complexity index is 1210. The Hall–Kier alpha value is -3.04. The molecule has 2 aromatic rings. The van der Waals surface area contributed by atoms with Crippen molar-refractivity contribution in [3.8, 4) is 0 Å². The average Bonchev–Trinajstić information content (AvgIpc) is 3.73. The fourth-order valence-electron chi connectivity index (χ4n) is 7.51. The summed E-state index contributed by atoms with van der Waals surface area (Å²) in [5, 5.41) is 6.82. The van der Waals surface area contributed by atoms with Crippen LogP contribution in [0.1, 0.15) is 78.3 Å². The lowest BCUT2D eigenvalue weighted by Gasteiger charge is -2.26. The summed E-state index contributed by atoms with van der Waals surface area (Å²) in [5.41, 5.74) is 3.31. The Morgan fingerprint density at radius 2 is 1.57 bits per heavy atom. The molecule has 1 saturated carbocycles. The Labute approximate surface area is 249 Å². The molecule has 1 aromatic heterocycles. The molecule has 2 amide bonds. The molecule has 9 nitrogen and oxygen atoms in total. The van der Waals surface area contributed by atoms with Gasteiger partial charge in [-0.3, -0.25) is 9.59 Å². The third-order valence-electron chi connectivity index (χ3n) is 9.87. The van der Waals surface area contributed by atoms with Crippen LogP contribution in [0.25, 0.3) is 0 Å². The zero-order chi connectivity index (χ0) is 29.1. The van der Waals surface area contributed by atoms with E-state index in [0.29, 0.717) is 29.4 Å². The topological polar surface area (TPSA) is 99.7 Å². The number of aryl methyl sites for hydroxylation is 2. The molecule has 1 aromatic carbocycles. The number of nitrogens with one attached hydrogen (secondary N) is 2. The molecular weight excluding hydrogens is 528 g/mol. The van der Waals surface area contributed by atoms with Gasteiger partial charge in [-0.2, -0.15) is 0 Å². The first-order valence-corrected chi connectivity index (χ1v) is 16.0. The first kappa shape index (κ1) is 29.1. The van der Waals surface area contributed by atoms with Crippen molar-refractivity contribution in [2.24, 2.45) is 17.8 Å². The third-order valence-corrected chi connectivity index (χ3v) is 9.87. The van der Waals surface area contributed by atoms with E-state index in [9.17, 15) is 9.59 Å². The van der Waals surface area contributed by atoms with Gasteiger partial charge in [0.05, 0.1) is 23.0 Å². The van der Waals surface area contributed by atoms with Gasteiger partial charge < -0.3 is 25.2 Å². The maximum Gasteiger partial charge on any atom is 0.257 e. The first-order chi connectivity index (χ1) is 20.4. The van der Waals surface area contributed by atoms with Crippen molar-refractivity contribution in [2.75, 3.05) is 51.3 Å². The Morgan fingerprint density at radius 1 is 0.929 bits per heavy atom. The van der Waals surface area contributed by atoms with E-state index in [-0.39, 0.29) is 23.8 Å². The molecule has 42 heavy (non-hydrogen) atoms. The summed E-state index contributed by atoms with van der Waals surface area (Å²) in [6.45, 7) is 9.84. The van der Waals surface area contributed by atoms with Crippen molar-refractivity contribution in [3.63, 3.8) is 0 Å². The molecular formula is C33H46N6O3. The third kappa shape index (κ3) is 6.62. The van der Waals surface area contributed by atoms with Crippen molar-refractivity contribution in [3.05, 3.63) is 52.8 Å². The molecule has 4 fully saturated rings. The summed E-state index contributed by atoms with van der Waals surface area (Å²) < 4.78 is 5.45. The van der Waals surface area contributed by atoms with Gasteiger partial charge in [-0.15, -0.1) is 0 Å². The molecule has 0 spiro atoms. The second-order valence-corrected chi connectivity index (χ2v) is 12.9. The molecule has 0 bridgehead atoms. The molecule has 6 rings (SSSR count). The lowest BCUT2D eigenvalue weighted by molar-refractivity contribution is -0.125. The summed E-state index contributed by atoms with van der Waals surface area (Å²) in [6.07, 6.45) is 7.13. The Kier molecular flexibility index (Phi) is 9.05. The fourth-order valence-corrected chi connectivity index (χ4v) is 7.51. The number of nitrogens with zero attached hydrogens (tertiary/aromatic N) is 4. The maximum absolute atomic E-state index is 13.6. The van der Waals surface area contributed by atoms with Crippen molar-refractivity contribution < 1.29 is 14.3 Å². The van der Waals surface area contributed by atoms with Crippen LogP contribution in [0.3, 0.4) is 0 Å². The van der Waals surface area contributed by atoms with Gasteiger partial charge in [0.1, 0.15) is 0 Å². The highest BCUT2D eigenvalue weighted by Crippen LogP contribution is 2.33. The Morgan fingerprint density at radius 3 is 2.21 bits per heavy atom. The van der Waals surface area contributed by atoms with E-state index in [1.807, 2.05) is 24.8 Å². The molecule has 0 radical (unpaired) electrons. The highest BCUT2D eigenvalue weighted by Gasteiger charge is 2.42. The van der Waals surface area contributed by atoms with Crippen LogP contribution < -0.4 is 10.6 Å². The number of carbonyl (C=O) groups is 2. The number of hydrogen-bond acceptors (Lipinski definition) is 7. The van der Waals surface area contributed by atoms with E-state index in [0.717, 1.165) is 102 Å². The quantitative estimate of drug-likeness (QED) is 0.465. The molecule has 226 valence electrons. The number of fused-ring (bicyclic) bond motifs is 1. The van der Waals surface area contributed by atoms with Crippen molar-refractivity contribution in [1.29, 1.82) is 0 Å². The van der Waals surface area contributed by atoms with E-state index < -0.39 is 0 Å². The minimum absolute atomic E-state index is 0.0349. The molecule has 9 heteroatoms. The van der Waals surface area contributed by atoms with Crippen molar-refractivity contribution in [2.45, 2.75) is 70.9 Å². The largest absolute Gasteiger partial charge is 0.381 e. The number of hydrogen-bond donors (Lipinski definition) is 2. The number of anilines is 1. The lowest BCUT2D eigenvalue weighted by atomic mass is 10.0. The molecule has 3 saturated heterocycles. The summed E-state index contributed by atoms with van der Waals surface area (Å²) in [6, 6.07) is 10.7. The molecule has 2 unspecified atom stereocenters. The second kappa shape index (κ2) is 13.1. The number of likely N-dealkylation sites (tertiary alicyclic amines) is 2. The van der Waals surface area contributed by atoms with Crippen LogP contribution in [-0.2, 0) is 9.53 Å². The van der Waals surface area contributed by atoms with Gasteiger partial charge >= 0.3 is 0 Å². The van der Waals surface area contributed by atoms with Crippen LogP contribution >= 0.6 is 0 Å². The fraction of sp³-hybridized carbons (Fsp3) is 0.636. The molecule has 4 heterocycles. The van der Waals surface area contributed by atoms with E-state index in [1.165, 1.54) is 5.56 Å². The van der Waals surface area contributed by atoms with Crippen LogP contribution in [0.4, 0.5) is 5.95 Å². The summed E-state index contributed by atoms with van der Waals surface area (Å²) in [7, 11) is 0. The first-order valence-electron chi connectivity index (χ1n) is 16.0. The molecule has 3 aliphatic heterocycles. The normalized spacial score (nSPS) is 24.1. The number of carbonyl (C=O) groups excluding carboxylic acids is 2. The number of rotatable bonds is 9. The van der Waals surface area contributed by atoms with Crippen LogP contribution in [0.5, 0.6) is 0 Å². The standard InChI is InChI=1S/C33H46N6O3/c1-22-30(23(2)35-33(34-22)36-28-13-16-42-17-14-28)32(41)39-20-26-18-38(19-27(26)21-39)15-12-29(24-8-4-3-5-9-24)37-31(40)25-10-6-7-11-25/h3-5,8-9,25-29H,6-7,10-21H2,1-2H3,(H,37,40)(H,34,35,36)/t26?,27?,29-/m0/s1. The highest BCUT2D eigenvalue weighted by atomic mass is 16.5. The smallest absolute Gasteiger partial charge is 0.257 e. The van der Waals surface area contributed by atoms with Gasteiger partial charge in [0.2, 0.25) is 11.9 Å². The van der Waals surface area contributed by atoms with E-state index >= 15 is 0 Å².